The fourth-order valence-corrected chi connectivity index (χ4v) is 1.21. The molecule has 15 heavy (non-hydrogen) atoms. The number of nitrogens with one attached hydrogen (secondary N) is 1. The van der Waals surface area contributed by atoms with Gasteiger partial charge in [0.05, 0.1) is 13.2 Å². The Kier molecular flexibility index (Phi) is 3.68. The molecule has 0 bridgehead atoms. The first kappa shape index (κ1) is 11.5. The molecule has 0 spiro atoms. The molecule has 0 aromatic heterocycles. The van der Waals surface area contributed by atoms with Gasteiger partial charge in [-0.15, -0.1) is 0 Å². The molecule has 0 fully saturated rings. The molecule has 1 rings (SSSR count). The number of phenols is 1. The molecule has 1 atom stereocenters. The summed E-state index contributed by atoms with van der Waals surface area (Å²) in [5.74, 6) is 0.311. The fourth-order valence-electron chi connectivity index (χ4n) is 1.21. The van der Waals surface area contributed by atoms with Crippen LogP contribution in [-0.2, 0) is 0 Å². The van der Waals surface area contributed by atoms with Gasteiger partial charge in [0.1, 0.15) is 0 Å². The predicted molar refractivity (Wildman–Crippen MR) is 57.5 cm³/mol. The Morgan fingerprint density at radius 3 is 2.73 bits per heavy atom. The molecule has 2 N–H and O–H groups in total. The molecule has 0 unspecified atom stereocenters. The van der Waals surface area contributed by atoms with Crippen molar-refractivity contribution in [3.63, 3.8) is 0 Å². The van der Waals surface area contributed by atoms with Crippen molar-refractivity contribution >= 4 is 5.78 Å². The molecule has 0 amide bonds. The van der Waals surface area contributed by atoms with Gasteiger partial charge in [-0.05, 0) is 32.2 Å². The minimum absolute atomic E-state index is 0.0317. The highest BCUT2D eigenvalue weighted by molar-refractivity contribution is 6.00. The van der Waals surface area contributed by atoms with E-state index in [1.165, 1.54) is 19.2 Å². The van der Waals surface area contributed by atoms with Gasteiger partial charge in [-0.25, -0.2) is 0 Å². The van der Waals surface area contributed by atoms with Crippen molar-refractivity contribution in [1.29, 1.82) is 0 Å². The highest BCUT2D eigenvalue weighted by Crippen LogP contribution is 2.26. The van der Waals surface area contributed by atoms with Gasteiger partial charge in [0.25, 0.3) is 0 Å². The Bertz CT molecular complexity index is 363. The molecule has 0 aliphatic rings. The van der Waals surface area contributed by atoms with E-state index in [0.29, 0.717) is 11.3 Å². The van der Waals surface area contributed by atoms with Crippen LogP contribution in [0.25, 0.3) is 0 Å². The van der Waals surface area contributed by atoms with Gasteiger partial charge in [0.2, 0.25) is 0 Å². The molecular weight excluding hydrogens is 194 g/mol. The number of phenolic OH excluding ortho intramolecular Hbond substituents is 1. The third-order valence-corrected chi connectivity index (χ3v) is 2.29. The van der Waals surface area contributed by atoms with E-state index in [-0.39, 0.29) is 17.6 Å². The fraction of sp³-hybridized carbons (Fsp3) is 0.364. The largest absolute Gasteiger partial charge is 0.504 e. The number of carbonyl (C=O) groups is 1. The van der Waals surface area contributed by atoms with E-state index in [9.17, 15) is 9.90 Å². The number of likely N-dealkylation sites (N-methyl/N-ethyl adjacent to an activating group) is 1. The molecular formula is C11H15NO3. The van der Waals surface area contributed by atoms with E-state index in [1.807, 2.05) is 0 Å². The van der Waals surface area contributed by atoms with Crippen molar-refractivity contribution in [2.75, 3.05) is 14.2 Å². The Hall–Kier alpha value is -1.55. The van der Waals surface area contributed by atoms with Gasteiger partial charge in [-0.3, -0.25) is 4.79 Å². The lowest BCUT2D eigenvalue weighted by Crippen LogP contribution is -2.30. The third kappa shape index (κ3) is 2.47. The van der Waals surface area contributed by atoms with Crippen molar-refractivity contribution in [3.05, 3.63) is 23.8 Å². The first-order valence-corrected chi connectivity index (χ1v) is 4.68. The quantitative estimate of drug-likeness (QED) is 0.731. The lowest BCUT2D eigenvalue weighted by Gasteiger charge is -2.10. The van der Waals surface area contributed by atoms with Crippen LogP contribution in [0, 0.1) is 0 Å². The molecule has 0 saturated heterocycles. The molecule has 4 heteroatoms. The van der Waals surface area contributed by atoms with Gasteiger partial charge in [0, 0.05) is 5.56 Å². The highest BCUT2D eigenvalue weighted by atomic mass is 16.5. The van der Waals surface area contributed by atoms with Gasteiger partial charge < -0.3 is 15.2 Å². The van der Waals surface area contributed by atoms with Crippen LogP contribution in [0.1, 0.15) is 17.3 Å². The lowest BCUT2D eigenvalue weighted by molar-refractivity contribution is 0.0954. The van der Waals surface area contributed by atoms with Crippen molar-refractivity contribution in [2.24, 2.45) is 0 Å². The summed E-state index contributed by atoms with van der Waals surface area (Å²) in [6.45, 7) is 1.78. The van der Waals surface area contributed by atoms with Crippen LogP contribution in [0.4, 0.5) is 0 Å². The standard InChI is InChI=1S/C11H15NO3/c1-7(12-2)11(14)8-4-5-9(13)10(6-8)15-3/h4-7,12-13H,1-3H3/t7-/m1/s1. The minimum Gasteiger partial charge on any atom is -0.504 e. The van der Waals surface area contributed by atoms with Crippen LogP contribution in [-0.4, -0.2) is 31.1 Å². The second-order valence-electron chi connectivity index (χ2n) is 3.26. The van der Waals surface area contributed by atoms with Gasteiger partial charge in [-0.1, -0.05) is 0 Å². The van der Waals surface area contributed by atoms with Gasteiger partial charge in [-0.2, -0.15) is 0 Å². The Morgan fingerprint density at radius 2 is 2.20 bits per heavy atom. The average molecular weight is 209 g/mol. The van der Waals surface area contributed by atoms with E-state index in [0.717, 1.165) is 0 Å². The molecule has 1 aromatic rings. The molecule has 0 heterocycles. The van der Waals surface area contributed by atoms with Crippen LogP contribution in [0.3, 0.4) is 0 Å². The molecule has 0 saturated carbocycles. The average Bonchev–Trinajstić information content (AvgIpc) is 2.27. The summed E-state index contributed by atoms with van der Waals surface area (Å²) in [7, 11) is 3.17. The third-order valence-electron chi connectivity index (χ3n) is 2.29. The maximum atomic E-state index is 11.8. The zero-order valence-corrected chi connectivity index (χ0v) is 9.07. The number of ketones is 1. The highest BCUT2D eigenvalue weighted by Gasteiger charge is 2.14. The normalized spacial score (nSPS) is 12.2. The second-order valence-corrected chi connectivity index (χ2v) is 3.26. The Balaban J connectivity index is 3.01. The number of hydrogen-bond donors (Lipinski definition) is 2. The van der Waals surface area contributed by atoms with Gasteiger partial charge >= 0.3 is 0 Å². The van der Waals surface area contributed by atoms with Crippen LogP contribution in [0.5, 0.6) is 11.5 Å². The first-order valence-electron chi connectivity index (χ1n) is 4.68. The summed E-state index contributed by atoms with van der Waals surface area (Å²) < 4.78 is 4.93. The van der Waals surface area contributed by atoms with Crippen molar-refractivity contribution < 1.29 is 14.6 Å². The van der Waals surface area contributed by atoms with E-state index < -0.39 is 0 Å². The summed E-state index contributed by atoms with van der Waals surface area (Å²) in [6, 6.07) is 4.31. The summed E-state index contributed by atoms with van der Waals surface area (Å²) >= 11 is 0. The summed E-state index contributed by atoms with van der Waals surface area (Å²) in [5, 5.41) is 12.2. The Labute approximate surface area is 88.9 Å². The van der Waals surface area contributed by atoms with Crippen molar-refractivity contribution in [2.45, 2.75) is 13.0 Å². The molecule has 1 aromatic carbocycles. The van der Waals surface area contributed by atoms with Crippen LogP contribution in [0.2, 0.25) is 0 Å². The second kappa shape index (κ2) is 4.79. The van der Waals surface area contributed by atoms with Crippen LogP contribution < -0.4 is 10.1 Å². The van der Waals surface area contributed by atoms with E-state index >= 15 is 0 Å². The molecule has 4 nitrogen and oxygen atoms in total. The lowest BCUT2D eigenvalue weighted by atomic mass is 10.1. The number of carbonyl (C=O) groups excluding carboxylic acids is 1. The van der Waals surface area contributed by atoms with Crippen LogP contribution in [0.15, 0.2) is 18.2 Å². The Morgan fingerprint density at radius 1 is 1.53 bits per heavy atom. The number of hydrogen-bond acceptors (Lipinski definition) is 4. The summed E-state index contributed by atoms with van der Waals surface area (Å²) in [6.07, 6.45) is 0. The monoisotopic (exact) mass is 209 g/mol. The molecule has 82 valence electrons. The van der Waals surface area contributed by atoms with E-state index in [1.54, 1.807) is 20.0 Å². The zero-order chi connectivity index (χ0) is 11.4. The van der Waals surface area contributed by atoms with Gasteiger partial charge in [0.15, 0.2) is 17.3 Å². The molecule has 0 aliphatic carbocycles. The number of ether oxygens (including phenoxy) is 1. The predicted octanol–water partition coefficient (Wildman–Crippen LogP) is 1.19. The maximum Gasteiger partial charge on any atom is 0.179 e. The number of Topliss-reactive ketones (excluding diaryl/α,β-unsaturated/α-hetero) is 1. The number of benzene rings is 1. The zero-order valence-electron chi connectivity index (χ0n) is 9.07. The molecule has 0 radical (unpaired) electrons. The van der Waals surface area contributed by atoms with E-state index in [2.05, 4.69) is 5.32 Å². The van der Waals surface area contributed by atoms with Crippen molar-refractivity contribution in [1.82, 2.24) is 5.32 Å². The number of rotatable bonds is 4. The van der Waals surface area contributed by atoms with Crippen LogP contribution >= 0.6 is 0 Å². The first-order chi connectivity index (χ1) is 7.10. The smallest absolute Gasteiger partial charge is 0.179 e. The van der Waals surface area contributed by atoms with Crippen molar-refractivity contribution in [3.8, 4) is 11.5 Å². The number of methoxy groups -OCH3 is 1. The summed E-state index contributed by atoms with van der Waals surface area (Å²) in [4.78, 5) is 11.8. The van der Waals surface area contributed by atoms with E-state index in [4.69, 9.17) is 4.74 Å². The summed E-state index contributed by atoms with van der Waals surface area (Å²) in [5.41, 5.74) is 0.520. The number of aromatic hydroxyl groups is 1. The minimum atomic E-state index is -0.251. The molecule has 0 aliphatic heterocycles. The maximum absolute atomic E-state index is 11.8. The SMILES string of the molecule is CN[C@H](C)C(=O)c1ccc(O)c(OC)c1. The topological polar surface area (TPSA) is 58.6 Å².